The van der Waals surface area contributed by atoms with E-state index in [0.29, 0.717) is 10.8 Å². The van der Waals surface area contributed by atoms with Gasteiger partial charge in [0.1, 0.15) is 0 Å². The molecule has 0 aliphatic heterocycles. The number of rotatable bonds is 0. The number of hydrogen-bond acceptors (Lipinski definition) is 0. The van der Waals surface area contributed by atoms with Crippen LogP contribution < -0.4 is 0 Å². The van der Waals surface area contributed by atoms with Crippen LogP contribution in [0.15, 0.2) is 0 Å². The van der Waals surface area contributed by atoms with E-state index in [1.165, 1.54) is 0 Å². The van der Waals surface area contributed by atoms with Crippen LogP contribution in [0.3, 0.4) is 0 Å². The molecule has 0 radical (unpaired) electrons. The van der Waals surface area contributed by atoms with Gasteiger partial charge in [-0.05, 0) is 75.8 Å². The number of fused-ring (bicyclic) bond motifs is 11. The van der Waals surface area contributed by atoms with Gasteiger partial charge in [-0.3, -0.25) is 0 Å². The Labute approximate surface area is 200 Å². The van der Waals surface area contributed by atoms with Gasteiger partial charge in [0.05, 0.1) is 0 Å². The lowest BCUT2D eigenvalue weighted by atomic mass is 8.99. The molecule has 0 spiro atoms. The monoisotopic (exact) mass is 438 g/mol. The van der Waals surface area contributed by atoms with Crippen molar-refractivity contribution >= 4 is 0 Å². The molecule has 0 nitrogen and oxygen atoms in total. The Bertz CT molecular complexity index is 878. The van der Waals surface area contributed by atoms with E-state index in [-0.39, 0.29) is 65.0 Å². The Morgan fingerprint density at radius 2 is 0.250 bits per heavy atom. The summed E-state index contributed by atoms with van der Waals surface area (Å²) >= 11 is 0. The maximum absolute atomic E-state index is 2.79. The second-order valence-electron chi connectivity index (χ2n) is 17.8. The molecular formula is C32H54. The molecule has 0 heterocycles. The molecule has 0 aromatic heterocycles. The van der Waals surface area contributed by atoms with E-state index in [9.17, 15) is 0 Å². The minimum absolute atomic E-state index is 0.248. The topological polar surface area (TPSA) is 0 Å². The maximum Gasteiger partial charge on any atom is -0.0131 e. The summed E-state index contributed by atoms with van der Waals surface area (Å²) in [5.74, 6) is 0. The fourth-order valence-corrected chi connectivity index (χ4v) is 18.8. The maximum atomic E-state index is 2.79. The molecule has 5 saturated carbocycles. The Morgan fingerprint density at radius 1 is 0.156 bits per heavy atom. The average molecular weight is 439 g/mol. The molecule has 32 heavy (non-hydrogen) atoms. The van der Waals surface area contributed by atoms with Crippen molar-refractivity contribution in [2.24, 2.45) is 75.8 Å². The van der Waals surface area contributed by atoms with Crippen molar-refractivity contribution in [2.45, 2.75) is 125 Å². The average Bonchev–Trinajstić information content (AvgIpc) is 2.70. The first-order valence-electron chi connectivity index (χ1n) is 13.8. The smallest absolute Gasteiger partial charge is 0.0131 e. The molecule has 4 unspecified atom stereocenters. The van der Waals surface area contributed by atoms with E-state index in [1.807, 2.05) is 0 Å². The SMILES string of the molecule is CC1(C)C2(C)C3(C)C(C)(C)C4(C)C5(C)C(C)(C)C3(C)C2(C)C(C)(C)C2(C)C1(C)C4(C)C25C. The summed E-state index contributed by atoms with van der Waals surface area (Å²) < 4.78 is 0. The van der Waals surface area contributed by atoms with Gasteiger partial charge >= 0.3 is 0 Å². The zero-order valence-electron chi connectivity index (χ0n) is 25.0. The molecule has 4 atom stereocenters. The van der Waals surface area contributed by atoms with Crippen LogP contribution in [0.2, 0.25) is 0 Å². The fraction of sp³-hybridized carbons (Fsp3) is 1.00. The second-order valence-corrected chi connectivity index (χ2v) is 17.8. The summed E-state index contributed by atoms with van der Waals surface area (Å²) in [6.45, 7) is 49.7. The summed E-state index contributed by atoms with van der Waals surface area (Å²) in [5, 5.41) is 0. The van der Waals surface area contributed by atoms with E-state index < -0.39 is 0 Å². The molecule has 0 N–H and O–H groups in total. The summed E-state index contributed by atoms with van der Waals surface area (Å²) in [4.78, 5) is 0. The molecule has 0 saturated heterocycles. The molecule has 0 amide bonds. The minimum atomic E-state index is 0.248. The van der Waals surface area contributed by atoms with Gasteiger partial charge in [0.15, 0.2) is 0 Å². The highest BCUT2D eigenvalue weighted by atomic mass is 15.2. The highest BCUT2D eigenvalue weighted by Crippen LogP contribution is 3.19. The van der Waals surface area contributed by atoms with Crippen LogP contribution in [0.25, 0.3) is 0 Å². The van der Waals surface area contributed by atoms with Gasteiger partial charge in [0.2, 0.25) is 0 Å². The molecule has 5 aliphatic carbocycles. The van der Waals surface area contributed by atoms with Crippen molar-refractivity contribution < 1.29 is 0 Å². The van der Waals surface area contributed by atoms with Crippen molar-refractivity contribution in [3.8, 4) is 0 Å². The predicted molar refractivity (Wildman–Crippen MR) is 136 cm³/mol. The second kappa shape index (κ2) is 3.95. The third-order valence-electron chi connectivity index (χ3n) is 21.0. The highest BCUT2D eigenvalue weighted by molar-refractivity contribution is 5.62. The highest BCUT2D eigenvalue weighted by Gasteiger charge is 3.16. The molecule has 0 heteroatoms. The van der Waals surface area contributed by atoms with Gasteiger partial charge < -0.3 is 0 Å². The zero-order chi connectivity index (χ0) is 25.0. The first-order valence-corrected chi connectivity index (χ1v) is 13.8. The number of hydrogen-bond donors (Lipinski definition) is 0. The van der Waals surface area contributed by atoms with Crippen LogP contribution in [-0.4, -0.2) is 0 Å². The normalized spacial score (nSPS) is 73.7. The van der Waals surface area contributed by atoms with Crippen LogP contribution >= 0.6 is 0 Å². The third-order valence-corrected chi connectivity index (χ3v) is 21.0. The van der Waals surface area contributed by atoms with Crippen molar-refractivity contribution in [3.63, 3.8) is 0 Å². The summed E-state index contributed by atoms with van der Waals surface area (Å²) in [6, 6.07) is 0. The zero-order valence-corrected chi connectivity index (χ0v) is 25.0. The molecule has 182 valence electrons. The Kier molecular flexibility index (Phi) is 2.78. The molecule has 0 aromatic carbocycles. The fourth-order valence-electron chi connectivity index (χ4n) is 18.8. The van der Waals surface area contributed by atoms with Crippen LogP contribution in [0.1, 0.15) is 125 Å². The van der Waals surface area contributed by atoms with Gasteiger partial charge in [-0.2, -0.15) is 0 Å². The van der Waals surface area contributed by atoms with Gasteiger partial charge in [0, 0.05) is 0 Å². The molecule has 0 bridgehead atoms. The molecule has 5 rings (SSSR count). The minimum Gasteiger partial charge on any atom is -0.0588 e. The van der Waals surface area contributed by atoms with Crippen LogP contribution in [-0.2, 0) is 0 Å². The lowest BCUT2D eigenvalue weighted by Crippen LogP contribution is -3.00. The molecule has 5 aliphatic rings. The molecule has 0 aromatic rings. The first kappa shape index (κ1) is 22.5. The van der Waals surface area contributed by atoms with E-state index in [0.717, 1.165) is 0 Å². The largest absolute Gasteiger partial charge is 0.0588 e. The van der Waals surface area contributed by atoms with E-state index in [1.54, 1.807) is 0 Å². The van der Waals surface area contributed by atoms with E-state index >= 15 is 0 Å². The van der Waals surface area contributed by atoms with E-state index in [4.69, 9.17) is 0 Å². The van der Waals surface area contributed by atoms with Gasteiger partial charge in [-0.1, -0.05) is 125 Å². The standard InChI is InChI=1S/C32H54/c1-19(2)23(9)24(10)20(3,4)28(14)27(19,13)31(17)29(15)21(5,6)25(23,11)26(24,12)22(7,8)30(29,16)32(28,31)18/h1-18H3. The van der Waals surface area contributed by atoms with Gasteiger partial charge in [0.25, 0.3) is 0 Å². The van der Waals surface area contributed by atoms with Crippen LogP contribution in [0.4, 0.5) is 0 Å². The molecule has 5 fully saturated rings. The Morgan fingerprint density at radius 3 is 0.375 bits per heavy atom. The Hall–Kier alpha value is 0. The van der Waals surface area contributed by atoms with Crippen LogP contribution in [0, 0.1) is 75.8 Å². The van der Waals surface area contributed by atoms with Crippen molar-refractivity contribution in [1.82, 2.24) is 0 Å². The van der Waals surface area contributed by atoms with Gasteiger partial charge in [-0.15, -0.1) is 0 Å². The quantitative estimate of drug-likeness (QED) is 0.353. The Balaban J connectivity index is 2.02. The summed E-state index contributed by atoms with van der Waals surface area (Å²) in [6.07, 6.45) is 0. The van der Waals surface area contributed by atoms with Crippen molar-refractivity contribution in [3.05, 3.63) is 0 Å². The summed E-state index contributed by atoms with van der Waals surface area (Å²) in [5.41, 5.74) is 3.77. The summed E-state index contributed by atoms with van der Waals surface area (Å²) in [7, 11) is 0. The van der Waals surface area contributed by atoms with E-state index in [2.05, 4.69) is 125 Å². The van der Waals surface area contributed by atoms with Crippen molar-refractivity contribution in [1.29, 1.82) is 0 Å². The van der Waals surface area contributed by atoms with Crippen LogP contribution in [0.5, 0.6) is 0 Å². The lowest BCUT2D eigenvalue weighted by Gasteiger charge is -3.04. The first-order chi connectivity index (χ1) is 13.8. The predicted octanol–water partition coefficient (Wildman–Crippen LogP) is 9.24. The van der Waals surface area contributed by atoms with Gasteiger partial charge in [-0.25, -0.2) is 0 Å². The van der Waals surface area contributed by atoms with Crippen molar-refractivity contribution in [2.75, 3.05) is 0 Å². The lowest BCUT2D eigenvalue weighted by molar-refractivity contribution is -0.577. The third kappa shape index (κ3) is 0.863. The molecular weight excluding hydrogens is 384 g/mol.